The van der Waals surface area contributed by atoms with Crippen LogP contribution in [0.5, 0.6) is 11.5 Å². The number of aryl methyl sites for hydroxylation is 1. The fourth-order valence-electron chi connectivity index (χ4n) is 4.53. The predicted molar refractivity (Wildman–Crippen MR) is 165 cm³/mol. The molecule has 1 amide bonds. The highest BCUT2D eigenvalue weighted by molar-refractivity contribution is 8.00. The number of thioether (sulfide) groups is 1. The molecule has 4 aromatic rings. The number of ether oxygens (including phenoxy) is 2. The van der Waals surface area contributed by atoms with Crippen molar-refractivity contribution >= 4 is 45.7 Å². The van der Waals surface area contributed by atoms with Gasteiger partial charge in [-0.25, -0.2) is 0 Å². The molecular formula is C32H31N3O5S2. The molecule has 1 aliphatic rings. The zero-order chi connectivity index (χ0) is 29.6. The fraction of sp³-hybridized carbons (Fsp3) is 0.250. The second kappa shape index (κ2) is 13.2. The van der Waals surface area contributed by atoms with E-state index in [0.717, 1.165) is 12.0 Å². The van der Waals surface area contributed by atoms with Gasteiger partial charge in [0.05, 0.1) is 24.8 Å². The van der Waals surface area contributed by atoms with Crippen LogP contribution in [0.2, 0.25) is 0 Å². The second-order valence-electron chi connectivity index (χ2n) is 9.67. The molecule has 1 atom stereocenters. The maximum absolute atomic E-state index is 13.5. The van der Waals surface area contributed by atoms with Crippen LogP contribution >= 0.6 is 23.1 Å². The number of benzene rings is 3. The van der Waals surface area contributed by atoms with Crippen LogP contribution in [0.3, 0.4) is 0 Å². The Hall–Kier alpha value is -4.15. The monoisotopic (exact) mass is 601 g/mol. The summed E-state index contributed by atoms with van der Waals surface area (Å²) in [6.07, 6.45) is 0.866. The van der Waals surface area contributed by atoms with Crippen molar-refractivity contribution in [1.29, 1.82) is 0 Å². The van der Waals surface area contributed by atoms with E-state index in [2.05, 4.69) is 34.5 Å². The molecule has 0 bridgehead atoms. The van der Waals surface area contributed by atoms with Crippen LogP contribution in [0.25, 0.3) is 5.76 Å². The van der Waals surface area contributed by atoms with Crippen molar-refractivity contribution in [3.8, 4) is 11.5 Å². The number of ketones is 1. The number of aliphatic hydroxyl groups is 1. The Labute approximate surface area is 253 Å². The third kappa shape index (κ3) is 6.34. The van der Waals surface area contributed by atoms with Gasteiger partial charge >= 0.3 is 5.91 Å². The molecule has 5 rings (SSSR count). The molecule has 8 nitrogen and oxygen atoms in total. The van der Waals surface area contributed by atoms with E-state index in [4.69, 9.17) is 9.47 Å². The van der Waals surface area contributed by atoms with E-state index in [9.17, 15) is 14.7 Å². The quantitative estimate of drug-likeness (QED) is 0.0648. The summed E-state index contributed by atoms with van der Waals surface area (Å²) in [5, 5.41) is 20.3. The number of hydrogen-bond donors (Lipinski definition) is 1. The Morgan fingerprint density at radius 3 is 2.26 bits per heavy atom. The van der Waals surface area contributed by atoms with Crippen LogP contribution in [0.1, 0.15) is 48.6 Å². The lowest BCUT2D eigenvalue weighted by Crippen LogP contribution is -2.29. The summed E-state index contributed by atoms with van der Waals surface area (Å²) in [4.78, 5) is 28.4. The van der Waals surface area contributed by atoms with E-state index < -0.39 is 17.7 Å². The average Bonchev–Trinajstić information content (AvgIpc) is 3.58. The number of anilines is 1. The van der Waals surface area contributed by atoms with Gasteiger partial charge in [-0.15, -0.1) is 10.2 Å². The Morgan fingerprint density at radius 1 is 0.929 bits per heavy atom. The van der Waals surface area contributed by atoms with Crippen molar-refractivity contribution in [2.75, 3.05) is 18.1 Å². The van der Waals surface area contributed by atoms with E-state index in [1.54, 1.807) is 48.5 Å². The van der Waals surface area contributed by atoms with Crippen molar-refractivity contribution in [3.63, 3.8) is 0 Å². The number of rotatable bonds is 11. The van der Waals surface area contributed by atoms with Gasteiger partial charge in [-0.05, 0) is 67.8 Å². The summed E-state index contributed by atoms with van der Waals surface area (Å²) in [6, 6.07) is 21.3. The highest BCUT2D eigenvalue weighted by atomic mass is 32.2. The molecule has 1 fully saturated rings. The Balaban J connectivity index is 1.51. The average molecular weight is 602 g/mol. The van der Waals surface area contributed by atoms with Crippen LogP contribution < -0.4 is 14.4 Å². The summed E-state index contributed by atoms with van der Waals surface area (Å²) in [5.41, 5.74) is 3.34. The molecule has 216 valence electrons. The third-order valence-electron chi connectivity index (χ3n) is 6.64. The van der Waals surface area contributed by atoms with Gasteiger partial charge in [0.25, 0.3) is 5.78 Å². The van der Waals surface area contributed by atoms with Crippen molar-refractivity contribution in [1.82, 2.24) is 10.2 Å². The first kappa shape index (κ1) is 29.3. The van der Waals surface area contributed by atoms with Crippen LogP contribution in [-0.4, -0.2) is 40.2 Å². The lowest BCUT2D eigenvalue weighted by molar-refractivity contribution is -0.132. The molecule has 1 aromatic heterocycles. The second-order valence-corrected chi connectivity index (χ2v) is 11.8. The number of carbonyl (C=O) groups excluding carboxylic acids is 2. The normalized spacial score (nSPS) is 16.2. The number of carbonyl (C=O) groups is 2. The van der Waals surface area contributed by atoms with Crippen LogP contribution in [0.15, 0.2) is 82.7 Å². The molecule has 3 aromatic carbocycles. The molecule has 0 spiro atoms. The first-order chi connectivity index (χ1) is 20.4. The van der Waals surface area contributed by atoms with Gasteiger partial charge < -0.3 is 14.6 Å². The number of amides is 1. The van der Waals surface area contributed by atoms with Crippen molar-refractivity contribution < 1.29 is 24.2 Å². The predicted octanol–water partition coefficient (Wildman–Crippen LogP) is 6.95. The molecule has 1 aliphatic heterocycles. The van der Waals surface area contributed by atoms with Gasteiger partial charge in [-0.2, -0.15) is 0 Å². The zero-order valence-corrected chi connectivity index (χ0v) is 25.2. The number of hydrogen-bond acceptors (Lipinski definition) is 9. The van der Waals surface area contributed by atoms with Gasteiger partial charge in [0.15, 0.2) is 4.34 Å². The maximum atomic E-state index is 13.5. The molecular weight excluding hydrogens is 571 g/mol. The minimum atomic E-state index is -0.903. The Bertz CT molecular complexity index is 1580. The SMILES string of the molecule is CCCOc1ccc(C2/C(=C(/O)c3ccc(OCC)cc3)C(=O)C(=O)N2c2nnc(SCc3ccc(C)cc3)s2)cc1. The summed E-state index contributed by atoms with van der Waals surface area (Å²) in [5.74, 6) is 0.169. The topological polar surface area (TPSA) is 102 Å². The van der Waals surface area contributed by atoms with E-state index in [-0.39, 0.29) is 16.5 Å². The maximum Gasteiger partial charge on any atom is 0.301 e. The van der Waals surface area contributed by atoms with Crippen LogP contribution in [-0.2, 0) is 15.3 Å². The summed E-state index contributed by atoms with van der Waals surface area (Å²) < 4.78 is 11.9. The smallest absolute Gasteiger partial charge is 0.301 e. The van der Waals surface area contributed by atoms with E-state index in [1.807, 2.05) is 20.8 Å². The third-order valence-corrected chi connectivity index (χ3v) is 8.76. The van der Waals surface area contributed by atoms with E-state index in [1.165, 1.54) is 33.6 Å². The highest BCUT2D eigenvalue weighted by Gasteiger charge is 2.48. The van der Waals surface area contributed by atoms with Gasteiger partial charge in [0.1, 0.15) is 17.3 Å². The molecule has 0 aliphatic carbocycles. The minimum Gasteiger partial charge on any atom is -0.507 e. The molecule has 42 heavy (non-hydrogen) atoms. The summed E-state index contributed by atoms with van der Waals surface area (Å²) in [7, 11) is 0. The number of aromatic nitrogens is 2. The molecule has 0 saturated carbocycles. The van der Waals surface area contributed by atoms with Gasteiger partial charge in [0, 0.05) is 11.3 Å². The number of aliphatic hydroxyl groups excluding tert-OH is 1. The Kier molecular flexibility index (Phi) is 9.24. The van der Waals surface area contributed by atoms with Crippen LogP contribution in [0.4, 0.5) is 5.13 Å². The lowest BCUT2D eigenvalue weighted by Gasteiger charge is -2.22. The van der Waals surface area contributed by atoms with Gasteiger partial charge in [-0.1, -0.05) is 72.0 Å². The standard InChI is InChI=1S/C32H31N3O5S2/c1-4-18-40-25-14-10-22(11-15-25)27-26(28(36)23-12-16-24(17-13-23)39-5-2)29(37)30(38)35(27)31-33-34-32(42-31)41-19-21-8-6-20(3)7-9-21/h6-17,27,36H,4-5,18-19H2,1-3H3/b28-26-. The van der Waals surface area contributed by atoms with Crippen molar-refractivity contribution in [3.05, 3.63) is 101 Å². The van der Waals surface area contributed by atoms with Crippen molar-refractivity contribution in [2.45, 2.75) is 43.3 Å². The van der Waals surface area contributed by atoms with E-state index in [0.29, 0.717) is 45.9 Å². The largest absolute Gasteiger partial charge is 0.507 e. The first-order valence-corrected chi connectivity index (χ1v) is 15.5. The number of nitrogens with zero attached hydrogens (tertiary/aromatic N) is 3. The molecule has 1 N–H and O–H groups in total. The number of Topliss-reactive ketones (excluding diaryl/α,β-unsaturated/α-hetero) is 1. The molecule has 1 saturated heterocycles. The molecule has 1 unspecified atom stereocenters. The molecule has 2 heterocycles. The van der Waals surface area contributed by atoms with Crippen molar-refractivity contribution in [2.24, 2.45) is 0 Å². The first-order valence-electron chi connectivity index (χ1n) is 13.7. The lowest BCUT2D eigenvalue weighted by atomic mass is 9.95. The fourth-order valence-corrected chi connectivity index (χ4v) is 6.35. The molecule has 0 radical (unpaired) electrons. The highest BCUT2D eigenvalue weighted by Crippen LogP contribution is 2.44. The van der Waals surface area contributed by atoms with Gasteiger partial charge in [-0.3, -0.25) is 14.5 Å². The van der Waals surface area contributed by atoms with Crippen LogP contribution in [0, 0.1) is 6.92 Å². The summed E-state index contributed by atoms with van der Waals surface area (Å²) >= 11 is 2.75. The summed E-state index contributed by atoms with van der Waals surface area (Å²) in [6.45, 7) is 7.03. The van der Waals surface area contributed by atoms with Gasteiger partial charge in [0.2, 0.25) is 5.13 Å². The van der Waals surface area contributed by atoms with E-state index >= 15 is 0 Å². The zero-order valence-electron chi connectivity index (χ0n) is 23.6. The Morgan fingerprint density at radius 2 is 1.60 bits per heavy atom. The molecule has 10 heteroatoms. The minimum absolute atomic E-state index is 0.0181.